The van der Waals surface area contributed by atoms with Gasteiger partial charge in [0, 0.05) is 23.3 Å². The molecule has 6 heteroatoms. The van der Waals surface area contributed by atoms with Gasteiger partial charge in [-0.15, -0.1) is 6.42 Å². The lowest BCUT2D eigenvalue weighted by atomic mass is 9.67. The fourth-order valence-corrected chi connectivity index (χ4v) is 5.01. The van der Waals surface area contributed by atoms with Crippen LogP contribution in [0.4, 0.5) is 6.01 Å². The summed E-state index contributed by atoms with van der Waals surface area (Å²) in [6.07, 6.45) is 6.52. The Hall–Kier alpha value is -3.33. The van der Waals surface area contributed by atoms with E-state index >= 15 is 0 Å². The van der Waals surface area contributed by atoms with Crippen molar-refractivity contribution in [2.24, 2.45) is 5.41 Å². The van der Waals surface area contributed by atoms with E-state index in [0.717, 1.165) is 5.56 Å². The second-order valence-corrected chi connectivity index (χ2v) is 8.38. The molecule has 1 aromatic heterocycles. The van der Waals surface area contributed by atoms with E-state index in [1.54, 1.807) is 4.90 Å². The van der Waals surface area contributed by atoms with Crippen LogP contribution in [0.2, 0.25) is 0 Å². The van der Waals surface area contributed by atoms with Crippen molar-refractivity contribution in [2.75, 3.05) is 12.3 Å². The minimum atomic E-state index is -1.33. The summed E-state index contributed by atoms with van der Waals surface area (Å²) in [4.78, 5) is 33.2. The van der Waals surface area contributed by atoms with E-state index in [0.29, 0.717) is 41.1 Å². The zero-order valence-corrected chi connectivity index (χ0v) is 15.7. The number of carbonyl (C=O) groups is 2. The van der Waals surface area contributed by atoms with Gasteiger partial charge in [-0.05, 0) is 17.4 Å². The van der Waals surface area contributed by atoms with Crippen LogP contribution in [0.5, 0.6) is 0 Å². The number of rotatable bonds is 1. The predicted molar refractivity (Wildman–Crippen MR) is 103 cm³/mol. The normalized spacial score (nSPS) is 24.4. The lowest BCUT2D eigenvalue weighted by molar-refractivity contribution is -0.131. The highest BCUT2D eigenvalue weighted by Gasteiger charge is 2.64. The molecule has 5 rings (SSSR count). The van der Waals surface area contributed by atoms with Gasteiger partial charge in [-0.25, -0.2) is 0 Å². The molecule has 1 aromatic carbocycles. The van der Waals surface area contributed by atoms with E-state index in [-0.39, 0.29) is 29.7 Å². The second kappa shape index (κ2) is 5.14. The van der Waals surface area contributed by atoms with Gasteiger partial charge in [0.2, 0.25) is 5.91 Å². The largest absolute Gasteiger partial charge is 0.423 e. The molecule has 3 aliphatic rings. The highest BCUT2D eigenvalue weighted by Crippen LogP contribution is 2.60. The summed E-state index contributed by atoms with van der Waals surface area (Å²) in [5.74, 6) is 2.72. The number of hydrogen-bond donors (Lipinski definition) is 1. The number of benzene rings is 1. The monoisotopic (exact) mass is 373 g/mol. The van der Waals surface area contributed by atoms with Crippen LogP contribution in [0.25, 0.3) is 11.3 Å². The number of aromatic nitrogens is 1. The average Bonchev–Trinajstić information content (AvgIpc) is 3.20. The first-order valence-electron chi connectivity index (χ1n) is 9.20. The Morgan fingerprint density at radius 3 is 2.79 bits per heavy atom. The third kappa shape index (κ3) is 1.81. The number of anilines is 1. The van der Waals surface area contributed by atoms with E-state index in [4.69, 9.17) is 16.6 Å². The van der Waals surface area contributed by atoms with Crippen LogP contribution in [0, 0.1) is 17.8 Å². The first-order chi connectivity index (χ1) is 13.3. The first kappa shape index (κ1) is 16.8. The Balaban J connectivity index is 1.89. The quantitative estimate of drug-likeness (QED) is 0.776. The van der Waals surface area contributed by atoms with Crippen molar-refractivity contribution in [2.45, 2.75) is 32.1 Å². The van der Waals surface area contributed by atoms with Crippen LogP contribution in [-0.2, 0) is 15.0 Å². The number of amides is 1. The van der Waals surface area contributed by atoms with Crippen molar-refractivity contribution < 1.29 is 14.0 Å². The molecule has 0 saturated heterocycles. The number of allylic oxidation sites excluding steroid dienone is 1. The molecule has 1 atom stereocenters. The van der Waals surface area contributed by atoms with Crippen LogP contribution >= 0.6 is 0 Å². The van der Waals surface area contributed by atoms with Crippen molar-refractivity contribution in [3.63, 3.8) is 0 Å². The van der Waals surface area contributed by atoms with Gasteiger partial charge in [-0.1, -0.05) is 44.0 Å². The maximum Gasteiger partial charge on any atom is 0.292 e. The lowest BCUT2D eigenvalue weighted by Gasteiger charge is -2.33. The molecule has 2 aliphatic carbocycles. The molecular formula is C22H19N3O3. The van der Waals surface area contributed by atoms with E-state index in [1.165, 1.54) is 0 Å². The van der Waals surface area contributed by atoms with E-state index < -0.39 is 5.41 Å². The van der Waals surface area contributed by atoms with Crippen molar-refractivity contribution in [3.05, 3.63) is 46.8 Å². The van der Waals surface area contributed by atoms with Crippen molar-refractivity contribution in [3.8, 4) is 23.7 Å². The summed E-state index contributed by atoms with van der Waals surface area (Å²) in [5, 5.41) is 0. The number of nitrogens with two attached hydrogens (primary N) is 1. The Kier molecular flexibility index (Phi) is 3.08. The van der Waals surface area contributed by atoms with Crippen LogP contribution in [0.3, 0.4) is 0 Å². The average molecular weight is 373 g/mol. The van der Waals surface area contributed by atoms with Crippen LogP contribution in [0.1, 0.15) is 37.9 Å². The predicted octanol–water partition coefficient (Wildman–Crippen LogP) is 2.64. The molecule has 1 unspecified atom stereocenters. The molecule has 1 spiro atoms. The molecule has 140 valence electrons. The maximum atomic E-state index is 13.9. The van der Waals surface area contributed by atoms with Gasteiger partial charge >= 0.3 is 0 Å². The Morgan fingerprint density at radius 1 is 1.29 bits per heavy atom. The molecule has 0 fully saturated rings. The SMILES string of the molecule is C#CCN1C(=O)C2(C3=C1CC(C)(C)CC3=O)c1ccccc1-c1oc(N)nc12. The molecular weight excluding hydrogens is 354 g/mol. The van der Waals surface area contributed by atoms with E-state index in [9.17, 15) is 9.59 Å². The Bertz CT molecular complexity index is 1150. The molecule has 2 N–H and O–H groups in total. The van der Waals surface area contributed by atoms with Crippen molar-refractivity contribution in [1.82, 2.24) is 9.88 Å². The smallest absolute Gasteiger partial charge is 0.292 e. The van der Waals surface area contributed by atoms with Gasteiger partial charge in [-0.2, -0.15) is 4.98 Å². The molecule has 6 nitrogen and oxygen atoms in total. The number of terminal acetylenes is 1. The summed E-state index contributed by atoms with van der Waals surface area (Å²) in [5.41, 5.74) is 7.29. The molecule has 1 amide bonds. The fraction of sp³-hybridized carbons (Fsp3) is 0.318. The number of fused-ring (bicyclic) bond motifs is 6. The Morgan fingerprint density at radius 2 is 2.04 bits per heavy atom. The minimum Gasteiger partial charge on any atom is -0.423 e. The standard InChI is InChI=1S/C22H19N3O3/c1-4-9-25-14-10-21(2,3)11-15(26)16(14)22(19(25)27)13-8-6-5-7-12(13)17-18(22)24-20(23)28-17/h1,5-8H,9-11H2,2-3H3,(H2,23,24). The van der Waals surface area contributed by atoms with Gasteiger partial charge in [0.05, 0.1) is 6.54 Å². The van der Waals surface area contributed by atoms with Crippen LogP contribution in [-0.4, -0.2) is 28.1 Å². The first-order valence-corrected chi connectivity index (χ1v) is 9.20. The summed E-state index contributed by atoms with van der Waals surface area (Å²) in [6, 6.07) is 7.41. The number of nitrogens with zero attached hydrogens (tertiary/aromatic N) is 2. The Labute approximate surface area is 162 Å². The number of ketones is 1. The zero-order valence-electron chi connectivity index (χ0n) is 15.7. The second-order valence-electron chi connectivity index (χ2n) is 8.38. The molecule has 0 saturated carbocycles. The van der Waals surface area contributed by atoms with E-state index in [1.807, 2.05) is 38.1 Å². The third-order valence-electron chi connectivity index (χ3n) is 5.94. The van der Waals surface area contributed by atoms with E-state index in [2.05, 4.69) is 10.9 Å². The third-order valence-corrected chi connectivity index (χ3v) is 5.94. The summed E-state index contributed by atoms with van der Waals surface area (Å²) in [6.45, 7) is 4.16. The summed E-state index contributed by atoms with van der Waals surface area (Å²) in [7, 11) is 0. The number of Topliss-reactive ketones (excluding diaryl/α,β-unsaturated/α-hetero) is 1. The van der Waals surface area contributed by atoms with Crippen molar-refractivity contribution in [1.29, 1.82) is 0 Å². The minimum absolute atomic E-state index is 0.0205. The number of hydrogen-bond acceptors (Lipinski definition) is 5. The number of oxazole rings is 1. The molecule has 2 heterocycles. The number of carbonyl (C=O) groups excluding carboxylic acids is 2. The van der Waals surface area contributed by atoms with Crippen molar-refractivity contribution >= 4 is 17.7 Å². The molecule has 0 radical (unpaired) electrons. The van der Waals surface area contributed by atoms with Crippen LogP contribution < -0.4 is 5.73 Å². The molecule has 2 aromatic rings. The highest BCUT2D eigenvalue weighted by atomic mass is 16.4. The van der Waals surface area contributed by atoms with Gasteiger partial charge in [-0.3, -0.25) is 9.59 Å². The molecule has 28 heavy (non-hydrogen) atoms. The summed E-state index contributed by atoms with van der Waals surface area (Å²) < 4.78 is 5.66. The number of nitrogen functional groups attached to an aromatic ring is 1. The highest BCUT2D eigenvalue weighted by molar-refractivity contribution is 6.17. The topological polar surface area (TPSA) is 89.4 Å². The lowest BCUT2D eigenvalue weighted by Crippen LogP contribution is -2.42. The zero-order chi connectivity index (χ0) is 19.8. The maximum absolute atomic E-state index is 13.9. The van der Waals surface area contributed by atoms with Gasteiger partial charge in [0.25, 0.3) is 6.01 Å². The van der Waals surface area contributed by atoms with Gasteiger partial charge in [0.15, 0.2) is 17.0 Å². The summed E-state index contributed by atoms with van der Waals surface area (Å²) >= 11 is 0. The fourth-order valence-electron chi connectivity index (χ4n) is 5.01. The molecule has 0 bridgehead atoms. The molecule has 1 aliphatic heterocycles. The van der Waals surface area contributed by atoms with Gasteiger partial charge < -0.3 is 15.1 Å². The van der Waals surface area contributed by atoms with Crippen LogP contribution in [0.15, 0.2) is 40.0 Å². The van der Waals surface area contributed by atoms with Gasteiger partial charge in [0.1, 0.15) is 5.69 Å².